The highest BCUT2D eigenvalue weighted by Crippen LogP contribution is 1.99. The highest BCUT2D eigenvalue weighted by atomic mass is 19.1. The van der Waals surface area contributed by atoms with Gasteiger partial charge in [0.25, 0.3) is 11.5 Å². The lowest BCUT2D eigenvalue weighted by Crippen LogP contribution is -2.35. The predicted molar refractivity (Wildman–Crippen MR) is 73.8 cm³/mol. The molecule has 0 bridgehead atoms. The number of H-pyrrole nitrogens is 1. The maximum atomic E-state index is 12.7. The number of hydrazone groups is 1. The van der Waals surface area contributed by atoms with E-state index in [1.54, 1.807) is 0 Å². The first-order chi connectivity index (χ1) is 9.97. The smallest absolute Gasteiger partial charge is 0.302 e. The van der Waals surface area contributed by atoms with Crippen LogP contribution in [-0.4, -0.2) is 21.7 Å². The topological polar surface area (TPSA) is 96.3 Å². The summed E-state index contributed by atoms with van der Waals surface area (Å²) in [4.78, 5) is 36.7. The van der Waals surface area contributed by atoms with Crippen molar-refractivity contribution in [2.45, 2.75) is 0 Å². The van der Waals surface area contributed by atoms with Gasteiger partial charge in [0.2, 0.25) is 0 Å². The highest BCUT2D eigenvalue weighted by molar-refractivity contribution is 5.92. The highest BCUT2D eigenvalue weighted by Gasteiger charge is 2.08. The van der Waals surface area contributed by atoms with Crippen LogP contribution in [0.2, 0.25) is 0 Å². The molecule has 0 spiro atoms. The Morgan fingerprint density at radius 3 is 2.62 bits per heavy atom. The SMILES string of the molecule is Cn1c(=O)cc(C(=O)N/N=C/c2ccc(F)cc2)[nH]c1=O. The molecule has 1 heterocycles. The summed E-state index contributed by atoms with van der Waals surface area (Å²) in [7, 11) is 1.29. The third kappa shape index (κ3) is 3.50. The molecule has 0 saturated heterocycles. The average molecular weight is 290 g/mol. The number of benzene rings is 1. The molecule has 108 valence electrons. The summed E-state index contributed by atoms with van der Waals surface area (Å²) in [6, 6.07) is 6.45. The van der Waals surface area contributed by atoms with E-state index in [-0.39, 0.29) is 11.5 Å². The lowest BCUT2D eigenvalue weighted by atomic mass is 10.2. The number of halogens is 1. The van der Waals surface area contributed by atoms with Gasteiger partial charge in [0.1, 0.15) is 11.5 Å². The maximum absolute atomic E-state index is 12.7. The minimum absolute atomic E-state index is 0.195. The lowest BCUT2D eigenvalue weighted by molar-refractivity contribution is 0.0949. The number of aromatic nitrogens is 2. The largest absolute Gasteiger partial charge is 0.328 e. The number of carbonyl (C=O) groups is 1. The molecule has 0 aliphatic rings. The number of hydrogen-bond donors (Lipinski definition) is 2. The van der Waals surface area contributed by atoms with Crippen molar-refractivity contribution in [1.82, 2.24) is 15.0 Å². The number of amides is 1. The number of rotatable bonds is 3. The zero-order valence-electron chi connectivity index (χ0n) is 11.0. The third-order valence-electron chi connectivity index (χ3n) is 2.64. The second-order valence-corrected chi connectivity index (χ2v) is 4.14. The maximum Gasteiger partial charge on any atom is 0.328 e. The Kier molecular flexibility index (Phi) is 4.07. The van der Waals surface area contributed by atoms with E-state index >= 15 is 0 Å². The summed E-state index contributed by atoms with van der Waals surface area (Å²) in [5, 5.41) is 3.65. The fourth-order valence-electron chi connectivity index (χ4n) is 1.45. The van der Waals surface area contributed by atoms with Crippen LogP contribution in [-0.2, 0) is 7.05 Å². The lowest BCUT2D eigenvalue weighted by Gasteiger charge is -2.01. The van der Waals surface area contributed by atoms with Crippen LogP contribution < -0.4 is 16.7 Å². The molecule has 7 nitrogen and oxygen atoms in total. The van der Waals surface area contributed by atoms with Crippen molar-refractivity contribution in [2.75, 3.05) is 0 Å². The van der Waals surface area contributed by atoms with Crippen LogP contribution in [0.25, 0.3) is 0 Å². The summed E-state index contributed by atoms with van der Waals surface area (Å²) < 4.78 is 13.5. The van der Waals surface area contributed by atoms with Crippen molar-refractivity contribution in [1.29, 1.82) is 0 Å². The minimum atomic E-state index is -0.733. The van der Waals surface area contributed by atoms with E-state index in [2.05, 4.69) is 15.5 Å². The molecule has 1 aromatic heterocycles. The van der Waals surface area contributed by atoms with Gasteiger partial charge in [-0.3, -0.25) is 14.2 Å². The Morgan fingerprint density at radius 1 is 1.33 bits per heavy atom. The first kappa shape index (κ1) is 14.4. The van der Waals surface area contributed by atoms with Crippen molar-refractivity contribution < 1.29 is 9.18 Å². The number of carbonyl (C=O) groups excluding carboxylic acids is 1. The fraction of sp³-hybridized carbons (Fsp3) is 0.0769. The van der Waals surface area contributed by atoms with Crippen LogP contribution in [0.3, 0.4) is 0 Å². The summed E-state index contributed by atoms with van der Waals surface area (Å²) >= 11 is 0. The van der Waals surface area contributed by atoms with Crippen LogP contribution in [0, 0.1) is 5.82 Å². The van der Waals surface area contributed by atoms with Gasteiger partial charge < -0.3 is 4.98 Å². The quantitative estimate of drug-likeness (QED) is 0.614. The molecule has 2 rings (SSSR count). The van der Waals surface area contributed by atoms with Crippen LogP contribution in [0.5, 0.6) is 0 Å². The van der Waals surface area contributed by atoms with Gasteiger partial charge in [-0.2, -0.15) is 5.10 Å². The molecule has 8 heteroatoms. The molecule has 0 radical (unpaired) electrons. The van der Waals surface area contributed by atoms with Gasteiger partial charge >= 0.3 is 5.69 Å². The molecule has 0 fully saturated rings. The molecule has 0 unspecified atom stereocenters. The summed E-state index contributed by atoms with van der Waals surface area (Å²) in [5.74, 6) is -1.11. The van der Waals surface area contributed by atoms with Crippen LogP contribution >= 0.6 is 0 Å². The van der Waals surface area contributed by atoms with Gasteiger partial charge in [-0.25, -0.2) is 14.6 Å². The van der Waals surface area contributed by atoms with E-state index in [4.69, 9.17) is 0 Å². The average Bonchev–Trinajstić information content (AvgIpc) is 2.46. The fourth-order valence-corrected chi connectivity index (χ4v) is 1.45. The van der Waals surface area contributed by atoms with E-state index < -0.39 is 17.2 Å². The second-order valence-electron chi connectivity index (χ2n) is 4.14. The second kappa shape index (κ2) is 5.95. The van der Waals surface area contributed by atoms with E-state index in [1.165, 1.54) is 37.5 Å². The van der Waals surface area contributed by atoms with Crippen LogP contribution in [0.1, 0.15) is 16.1 Å². The van der Waals surface area contributed by atoms with E-state index in [0.717, 1.165) is 10.6 Å². The van der Waals surface area contributed by atoms with Crippen molar-refractivity contribution in [3.63, 3.8) is 0 Å². The molecular weight excluding hydrogens is 279 g/mol. The third-order valence-corrected chi connectivity index (χ3v) is 2.64. The summed E-state index contributed by atoms with van der Waals surface area (Å²) in [6.45, 7) is 0. The Morgan fingerprint density at radius 2 is 2.00 bits per heavy atom. The van der Waals surface area contributed by atoms with Gasteiger partial charge in [-0.05, 0) is 17.7 Å². The standard InChI is InChI=1S/C13H11FN4O3/c1-18-11(19)6-10(16-13(18)21)12(20)17-15-7-8-2-4-9(14)5-3-8/h2-7H,1H3,(H,16,21)(H,17,20)/b15-7+. The number of nitrogens with one attached hydrogen (secondary N) is 2. The summed E-state index contributed by atoms with van der Waals surface area (Å²) in [5.41, 5.74) is 1.23. The predicted octanol–water partition coefficient (Wildman–Crippen LogP) is -0.0234. The minimum Gasteiger partial charge on any atom is -0.302 e. The number of nitrogens with zero attached hydrogens (tertiary/aromatic N) is 2. The van der Waals surface area contributed by atoms with E-state index in [1.807, 2.05) is 0 Å². The van der Waals surface area contributed by atoms with Gasteiger partial charge in [-0.1, -0.05) is 12.1 Å². The van der Waals surface area contributed by atoms with E-state index in [0.29, 0.717) is 5.56 Å². The molecule has 0 atom stereocenters. The zero-order valence-corrected chi connectivity index (χ0v) is 11.0. The van der Waals surface area contributed by atoms with Gasteiger partial charge in [-0.15, -0.1) is 0 Å². The molecule has 21 heavy (non-hydrogen) atoms. The molecular formula is C13H11FN4O3. The molecule has 2 aromatic rings. The number of hydrogen-bond acceptors (Lipinski definition) is 4. The van der Waals surface area contributed by atoms with Crippen molar-refractivity contribution >= 4 is 12.1 Å². The Bertz CT molecular complexity index is 774. The molecule has 1 aromatic carbocycles. The summed E-state index contributed by atoms with van der Waals surface area (Å²) in [6.07, 6.45) is 1.30. The van der Waals surface area contributed by atoms with Crippen LogP contribution in [0.15, 0.2) is 45.0 Å². The monoisotopic (exact) mass is 290 g/mol. The Balaban J connectivity index is 2.10. The molecule has 0 aliphatic carbocycles. The Labute approximate surface area is 117 Å². The van der Waals surface area contributed by atoms with Crippen molar-refractivity contribution in [3.05, 3.63) is 68.2 Å². The first-order valence-electron chi connectivity index (χ1n) is 5.86. The first-order valence-corrected chi connectivity index (χ1v) is 5.86. The molecule has 0 saturated carbocycles. The van der Waals surface area contributed by atoms with Crippen molar-refractivity contribution in [2.24, 2.45) is 12.1 Å². The van der Waals surface area contributed by atoms with Gasteiger partial charge in [0, 0.05) is 13.1 Å². The molecule has 1 amide bonds. The van der Waals surface area contributed by atoms with Crippen LogP contribution in [0.4, 0.5) is 4.39 Å². The van der Waals surface area contributed by atoms with E-state index in [9.17, 15) is 18.8 Å². The van der Waals surface area contributed by atoms with Gasteiger partial charge in [0.15, 0.2) is 0 Å². The number of aromatic amines is 1. The van der Waals surface area contributed by atoms with Crippen molar-refractivity contribution in [3.8, 4) is 0 Å². The normalized spacial score (nSPS) is 10.8. The molecule has 0 aliphatic heterocycles. The molecule has 2 N–H and O–H groups in total. The van der Waals surface area contributed by atoms with Gasteiger partial charge in [0.05, 0.1) is 6.21 Å². The Hall–Kier alpha value is -3.03. The zero-order chi connectivity index (χ0) is 15.4.